The van der Waals surface area contributed by atoms with Crippen LogP contribution in [0.15, 0.2) is 97.5 Å². The number of fused-ring (bicyclic) bond motifs is 5. The normalized spacial score (nSPS) is 18.1. The fourth-order valence-electron chi connectivity index (χ4n) is 7.10. The number of rotatable bonds is 0. The average Bonchev–Trinajstić information content (AvgIpc) is 3.45. The minimum atomic E-state index is -0.584. The second-order valence-electron chi connectivity index (χ2n) is 9.67. The zero-order valence-electron chi connectivity index (χ0n) is 18.4. The molecule has 2 aromatic carbocycles. The van der Waals surface area contributed by atoms with Gasteiger partial charge >= 0.3 is 11.3 Å². The Morgan fingerprint density at radius 1 is 0.771 bits per heavy atom. The van der Waals surface area contributed by atoms with Crippen molar-refractivity contribution in [1.82, 2.24) is 9.38 Å². The van der Waals surface area contributed by atoms with E-state index in [0.29, 0.717) is 0 Å². The van der Waals surface area contributed by atoms with Crippen LogP contribution in [0.4, 0.5) is 0 Å². The van der Waals surface area contributed by atoms with Gasteiger partial charge in [-0.15, -0.1) is 4.57 Å². The summed E-state index contributed by atoms with van der Waals surface area (Å²) < 4.78 is 14.0. The van der Waals surface area contributed by atoms with E-state index >= 15 is 0 Å². The molecule has 0 saturated carbocycles. The highest BCUT2D eigenvalue weighted by atomic mass is 16.5. The van der Waals surface area contributed by atoms with Gasteiger partial charge in [0.1, 0.15) is 22.6 Å². The van der Waals surface area contributed by atoms with Crippen molar-refractivity contribution in [3.05, 3.63) is 109 Å². The van der Waals surface area contributed by atoms with Crippen molar-refractivity contribution in [3.8, 4) is 22.8 Å². The van der Waals surface area contributed by atoms with Gasteiger partial charge in [0, 0.05) is 35.2 Å². The van der Waals surface area contributed by atoms with E-state index in [1.54, 1.807) is 0 Å². The Morgan fingerprint density at radius 2 is 1.71 bits per heavy atom. The van der Waals surface area contributed by atoms with Gasteiger partial charge in [0.15, 0.2) is 17.3 Å². The van der Waals surface area contributed by atoms with E-state index < -0.39 is 5.66 Å². The Bertz CT molecular complexity index is 2160. The first-order chi connectivity index (χ1) is 17.4. The first kappa shape index (κ1) is 16.8. The molecule has 0 aliphatic carbocycles. The van der Waals surface area contributed by atoms with E-state index in [0.717, 1.165) is 27.8 Å². The maximum Gasteiger partial charge on any atom is 0.374 e. The number of ether oxygens (including phenoxy) is 1. The summed E-state index contributed by atoms with van der Waals surface area (Å²) in [6, 6.07) is 28.1. The molecule has 160 valence electrons. The van der Waals surface area contributed by atoms with E-state index in [-0.39, 0.29) is 0 Å². The van der Waals surface area contributed by atoms with Crippen LogP contribution >= 0.6 is 0 Å². The number of hydrogen-bond acceptors (Lipinski definition) is 2. The SMILES string of the molecule is c1cc2c3c(c1)-c1cccc[n+]1C31c3c(ccc4c5ncccc5c5cc6ccc[n+]1c6n5c34)O2. The Kier molecular flexibility index (Phi) is 2.47. The number of aromatic nitrogens is 4. The highest BCUT2D eigenvalue weighted by Crippen LogP contribution is 2.55. The quantitative estimate of drug-likeness (QED) is 0.240. The highest BCUT2D eigenvalue weighted by Gasteiger charge is 2.66. The van der Waals surface area contributed by atoms with Crippen molar-refractivity contribution < 1.29 is 13.9 Å². The lowest BCUT2D eigenvalue weighted by molar-refractivity contribution is -0.954. The van der Waals surface area contributed by atoms with Gasteiger partial charge in [-0.1, -0.05) is 6.07 Å². The van der Waals surface area contributed by atoms with Gasteiger partial charge in [-0.25, -0.2) is 0 Å². The van der Waals surface area contributed by atoms with Crippen molar-refractivity contribution in [2.45, 2.75) is 5.66 Å². The van der Waals surface area contributed by atoms with Crippen LogP contribution in [-0.4, -0.2) is 9.38 Å². The Labute approximate surface area is 198 Å². The number of benzene rings is 2. The maximum atomic E-state index is 6.68. The summed E-state index contributed by atoms with van der Waals surface area (Å²) >= 11 is 0. The lowest BCUT2D eigenvalue weighted by Gasteiger charge is -2.33. The van der Waals surface area contributed by atoms with Crippen LogP contribution in [0.1, 0.15) is 11.1 Å². The topological polar surface area (TPSA) is 34.3 Å². The van der Waals surface area contributed by atoms with Gasteiger partial charge in [-0.2, -0.15) is 8.97 Å². The molecule has 0 saturated heterocycles. The number of pyridine rings is 4. The molecule has 3 aliphatic heterocycles. The molecule has 35 heavy (non-hydrogen) atoms. The maximum absolute atomic E-state index is 6.68. The molecule has 0 amide bonds. The highest BCUT2D eigenvalue weighted by molar-refractivity contribution is 6.15. The molecule has 5 nitrogen and oxygen atoms in total. The summed E-state index contributed by atoms with van der Waals surface area (Å²) in [5.74, 6) is 1.81. The zero-order valence-corrected chi connectivity index (χ0v) is 18.4. The van der Waals surface area contributed by atoms with Gasteiger partial charge in [0.05, 0.1) is 22.7 Å². The molecule has 1 unspecified atom stereocenters. The molecule has 5 aromatic heterocycles. The Hall–Kier alpha value is -4.77. The zero-order chi connectivity index (χ0) is 22.5. The monoisotopic (exact) mass is 448 g/mol. The minimum absolute atomic E-state index is 0.584. The van der Waals surface area contributed by atoms with E-state index in [2.05, 4.69) is 98.7 Å². The second-order valence-corrected chi connectivity index (χ2v) is 9.67. The van der Waals surface area contributed by atoms with Crippen molar-refractivity contribution in [1.29, 1.82) is 0 Å². The fraction of sp³-hybridized carbons (Fsp3) is 0.0333. The molecule has 5 heteroatoms. The minimum Gasteiger partial charge on any atom is -0.456 e. The first-order valence-corrected chi connectivity index (χ1v) is 11.9. The summed E-state index contributed by atoms with van der Waals surface area (Å²) in [4.78, 5) is 4.87. The van der Waals surface area contributed by atoms with Crippen molar-refractivity contribution in [2.75, 3.05) is 0 Å². The number of hydrogen-bond donors (Lipinski definition) is 0. The largest absolute Gasteiger partial charge is 0.456 e. The molecule has 10 rings (SSSR count). The van der Waals surface area contributed by atoms with Crippen molar-refractivity contribution in [2.24, 2.45) is 0 Å². The van der Waals surface area contributed by atoms with Crippen LogP contribution in [-0.2, 0) is 5.66 Å². The fourth-order valence-corrected chi connectivity index (χ4v) is 7.10. The predicted molar refractivity (Wildman–Crippen MR) is 132 cm³/mol. The standard InChI is InChI=1S/C30H16N4O/c1-2-14-32-21(9-1)18-7-3-10-23-25(18)30(32)26-24(35-23)12-11-20-27-19(8-4-13-31-27)22-16-17-6-5-15-33(30)29(17)34(22)28(20)26/h1-16H/q+2. The molecule has 8 heterocycles. The summed E-state index contributed by atoms with van der Waals surface area (Å²) in [5.41, 5.74) is 8.76. The van der Waals surface area contributed by atoms with Crippen LogP contribution in [0.5, 0.6) is 11.5 Å². The lowest BCUT2D eigenvalue weighted by Crippen LogP contribution is -2.74. The van der Waals surface area contributed by atoms with Crippen LogP contribution in [0, 0.1) is 0 Å². The summed E-state index contributed by atoms with van der Waals surface area (Å²) in [7, 11) is 0. The van der Waals surface area contributed by atoms with Gasteiger partial charge < -0.3 is 4.74 Å². The average molecular weight is 448 g/mol. The molecular weight excluding hydrogens is 432 g/mol. The van der Waals surface area contributed by atoms with Crippen LogP contribution in [0.2, 0.25) is 0 Å². The molecule has 0 fully saturated rings. The third kappa shape index (κ3) is 1.55. The summed E-state index contributed by atoms with van der Waals surface area (Å²) in [6.07, 6.45) is 6.34. The van der Waals surface area contributed by atoms with Crippen LogP contribution in [0.3, 0.4) is 0 Å². The second kappa shape index (κ2) is 5.15. The van der Waals surface area contributed by atoms with Gasteiger partial charge in [0.2, 0.25) is 5.69 Å². The molecule has 1 atom stereocenters. The van der Waals surface area contributed by atoms with Crippen molar-refractivity contribution in [3.63, 3.8) is 0 Å². The van der Waals surface area contributed by atoms with Crippen LogP contribution < -0.4 is 13.9 Å². The van der Waals surface area contributed by atoms with E-state index in [1.165, 1.54) is 44.5 Å². The molecule has 0 radical (unpaired) electrons. The Morgan fingerprint density at radius 3 is 2.71 bits per heavy atom. The van der Waals surface area contributed by atoms with Gasteiger partial charge in [-0.3, -0.25) is 4.98 Å². The molecule has 7 aromatic rings. The number of nitrogens with zero attached hydrogens (tertiary/aromatic N) is 4. The van der Waals surface area contributed by atoms with E-state index in [1.807, 2.05) is 12.3 Å². The third-order valence-corrected chi connectivity index (χ3v) is 8.22. The lowest BCUT2D eigenvalue weighted by atomic mass is 9.84. The molecular formula is C30H16N4O+2. The Balaban J connectivity index is 1.61. The van der Waals surface area contributed by atoms with Crippen LogP contribution in [0.25, 0.3) is 49.6 Å². The summed E-state index contributed by atoms with van der Waals surface area (Å²) in [6.45, 7) is 0. The van der Waals surface area contributed by atoms with Gasteiger partial charge in [0.25, 0.3) is 0 Å². The molecule has 3 aliphatic rings. The molecule has 0 N–H and O–H groups in total. The van der Waals surface area contributed by atoms with E-state index in [4.69, 9.17) is 9.72 Å². The van der Waals surface area contributed by atoms with E-state index in [9.17, 15) is 0 Å². The summed E-state index contributed by atoms with van der Waals surface area (Å²) in [5, 5.41) is 3.52. The van der Waals surface area contributed by atoms with Crippen molar-refractivity contribution >= 4 is 38.4 Å². The molecule has 1 spiro atoms. The smallest absolute Gasteiger partial charge is 0.374 e. The third-order valence-electron chi connectivity index (χ3n) is 8.22. The first-order valence-electron chi connectivity index (χ1n) is 11.9. The molecule has 0 bridgehead atoms. The predicted octanol–water partition coefficient (Wildman–Crippen LogP) is 5.07. The van der Waals surface area contributed by atoms with Gasteiger partial charge in [-0.05, 0) is 54.6 Å².